The van der Waals surface area contributed by atoms with E-state index in [0.29, 0.717) is 18.8 Å². The largest absolute Gasteiger partial charge is 0.461 e. The predicted molar refractivity (Wildman–Crippen MR) is 88.7 cm³/mol. The zero-order valence-corrected chi connectivity index (χ0v) is 14.5. The van der Waals surface area contributed by atoms with Gasteiger partial charge in [-0.2, -0.15) is 17.6 Å². The molecule has 0 amide bonds. The molecule has 2 fully saturated rings. The average molecular weight is 376 g/mol. The van der Waals surface area contributed by atoms with Crippen LogP contribution in [0.5, 0.6) is 5.75 Å². The molecule has 1 atom stereocenters. The molecule has 2 aliphatic heterocycles. The molecule has 0 aromatic heterocycles. The molecule has 8 heteroatoms. The summed E-state index contributed by atoms with van der Waals surface area (Å²) < 4.78 is 62.3. The molecule has 2 heterocycles. The Balaban J connectivity index is 1.92. The number of para-hydroxylation sites is 1. The molecule has 0 bridgehead atoms. The standard InChI is InChI=1S/C18H24F4N2O2/c19-17(20)18(21,22)26-15-4-2-1-3-14(15)16(13-5-11-25-12-6-13)24-9-7-23-8-10-24/h1-4,13,16-17,23H,5-12H2/t16-/m1/s1. The lowest BCUT2D eigenvalue weighted by Crippen LogP contribution is -2.47. The van der Waals surface area contributed by atoms with E-state index < -0.39 is 12.5 Å². The summed E-state index contributed by atoms with van der Waals surface area (Å²) in [6.07, 6.45) is -6.79. The molecule has 0 spiro atoms. The first kappa shape index (κ1) is 19.4. The van der Waals surface area contributed by atoms with E-state index in [0.717, 1.165) is 39.0 Å². The fourth-order valence-electron chi connectivity index (χ4n) is 3.75. The Labute approximate surface area is 150 Å². The second-order valence-electron chi connectivity index (χ2n) is 6.68. The van der Waals surface area contributed by atoms with Crippen LogP contribution in [0.25, 0.3) is 0 Å². The van der Waals surface area contributed by atoms with Crippen molar-refractivity contribution in [3.05, 3.63) is 29.8 Å². The number of benzene rings is 1. The van der Waals surface area contributed by atoms with Crippen LogP contribution in [-0.4, -0.2) is 56.8 Å². The lowest BCUT2D eigenvalue weighted by atomic mass is 9.85. The van der Waals surface area contributed by atoms with Gasteiger partial charge in [-0.05, 0) is 24.8 Å². The third-order valence-corrected chi connectivity index (χ3v) is 5.00. The molecule has 3 rings (SSSR count). The maximum Gasteiger partial charge on any atom is 0.461 e. The molecule has 2 aliphatic rings. The quantitative estimate of drug-likeness (QED) is 0.773. The van der Waals surface area contributed by atoms with E-state index in [-0.39, 0.29) is 17.7 Å². The van der Waals surface area contributed by atoms with Gasteiger partial charge in [0.2, 0.25) is 0 Å². The van der Waals surface area contributed by atoms with Crippen molar-refractivity contribution < 1.29 is 27.0 Å². The molecule has 146 valence electrons. The predicted octanol–water partition coefficient (Wildman–Crippen LogP) is 3.30. The van der Waals surface area contributed by atoms with Crippen molar-refractivity contribution in [1.29, 1.82) is 0 Å². The summed E-state index contributed by atoms with van der Waals surface area (Å²) in [6.45, 7) is 4.36. The Morgan fingerprint density at radius 1 is 1.12 bits per heavy atom. The summed E-state index contributed by atoms with van der Waals surface area (Å²) in [4.78, 5) is 2.23. The van der Waals surface area contributed by atoms with Gasteiger partial charge >= 0.3 is 12.5 Å². The van der Waals surface area contributed by atoms with Crippen LogP contribution in [0, 0.1) is 5.92 Å². The van der Waals surface area contributed by atoms with Crippen LogP contribution in [0.1, 0.15) is 24.4 Å². The van der Waals surface area contributed by atoms with Crippen molar-refractivity contribution in [2.75, 3.05) is 39.4 Å². The fourth-order valence-corrected chi connectivity index (χ4v) is 3.75. The second kappa shape index (κ2) is 8.54. The number of nitrogens with one attached hydrogen (secondary N) is 1. The van der Waals surface area contributed by atoms with Crippen LogP contribution >= 0.6 is 0 Å². The average Bonchev–Trinajstić information content (AvgIpc) is 2.65. The molecule has 4 nitrogen and oxygen atoms in total. The first-order valence-corrected chi connectivity index (χ1v) is 8.95. The van der Waals surface area contributed by atoms with Crippen LogP contribution < -0.4 is 10.1 Å². The summed E-state index contributed by atoms with van der Waals surface area (Å²) in [5.74, 6) is 0.0274. The van der Waals surface area contributed by atoms with E-state index in [2.05, 4.69) is 15.0 Å². The first-order valence-electron chi connectivity index (χ1n) is 8.95. The first-order chi connectivity index (χ1) is 12.5. The fraction of sp³-hybridized carbons (Fsp3) is 0.667. The second-order valence-corrected chi connectivity index (χ2v) is 6.68. The summed E-state index contributed by atoms with van der Waals surface area (Å²) in [7, 11) is 0. The molecule has 0 radical (unpaired) electrons. The van der Waals surface area contributed by atoms with Crippen molar-refractivity contribution >= 4 is 0 Å². The van der Waals surface area contributed by atoms with Crippen molar-refractivity contribution in [2.45, 2.75) is 31.4 Å². The maximum atomic E-state index is 13.5. The Bertz CT molecular complexity index is 558. The lowest BCUT2D eigenvalue weighted by Gasteiger charge is -2.41. The molecule has 1 N–H and O–H groups in total. The highest BCUT2D eigenvalue weighted by molar-refractivity contribution is 5.37. The highest BCUT2D eigenvalue weighted by atomic mass is 19.3. The molecular formula is C18H24F4N2O2. The van der Waals surface area contributed by atoms with Gasteiger partial charge in [0.15, 0.2) is 0 Å². The lowest BCUT2D eigenvalue weighted by molar-refractivity contribution is -0.253. The monoisotopic (exact) mass is 376 g/mol. The molecule has 0 aliphatic carbocycles. The van der Waals surface area contributed by atoms with Crippen LogP contribution in [0.2, 0.25) is 0 Å². The van der Waals surface area contributed by atoms with Gasteiger partial charge in [-0.1, -0.05) is 18.2 Å². The van der Waals surface area contributed by atoms with Crippen LogP contribution in [-0.2, 0) is 4.74 Å². The maximum absolute atomic E-state index is 13.5. The summed E-state index contributed by atoms with van der Waals surface area (Å²) >= 11 is 0. The van der Waals surface area contributed by atoms with E-state index >= 15 is 0 Å². The number of piperazine rings is 1. The van der Waals surface area contributed by atoms with Crippen molar-refractivity contribution in [2.24, 2.45) is 5.92 Å². The zero-order valence-electron chi connectivity index (χ0n) is 14.5. The minimum absolute atomic E-state index is 0.161. The number of rotatable bonds is 6. The summed E-state index contributed by atoms with van der Waals surface area (Å²) in [5, 5.41) is 3.27. The van der Waals surface area contributed by atoms with Gasteiger partial charge in [0.25, 0.3) is 0 Å². The van der Waals surface area contributed by atoms with E-state index in [9.17, 15) is 17.6 Å². The Morgan fingerprint density at radius 2 is 1.77 bits per heavy atom. The van der Waals surface area contributed by atoms with E-state index in [1.165, 1.54) is 12.1 Å². The third kappa shape index (κ3) is 4.47. The Hall–Kier alpha value is -1.38. The number of hydrogen-bond acceptors (Lipinski definition) is 4. The molecule has 1 aromatic carbocycles. The van der Waals surface area contributed by atoms with Crippen LogP contribution in [0.4, 0.5) is 17.6 Å². The minimum Gasteiger partial charge on any atom is -0.428 e. The molecule has 1 aromatic rings. The van der Waals surface area contributed by atoms with Gasteiger partial charge in [-0.3, -0.25) is 4.90 Å². The molecule has 2 saturated heterocycles. The van der Waals surface area contributed by atoms with E-state index in [1.54, 1.807) is 12.1 Å². The molecular weight excluding hydrogens is 352 g/mol. The van der Waals surface area contributed by atoms with Crippen molar-refractivity contribution in [1.82, 2.24) is 10.2 Å². The minimum atomic E-state index is -4.51. The topological polar surface area (TPSA) is 33.7 Å². The third-order valence-electron chi connectivity index (χ3n) is 5.00. The number of halogens is 4. The normalized spacial score (nSPS) is 21.7. The SMILES string of the molecule is FC(F)C(F)(F)Oc1ccccc1[C@@H](C1CCOCC1)N1CCNCC1. The van der Waals surface area contributed by atoms with Crippen LogP contribution in [0.3, 0.4) is 0 Å². The summed E-state index contributed by atoms with van der Waals surface area (Å²) in [6, 6.07) is 6.15. The number of alkyl halides is 4. The smallest absolute Gasteiger partial charge is 0.428 e. The van der Waals surface area contributed by atoms with E-state index in [1.807, 2.05) is 0 Å². The Kier molecular flexibility index (Phi) is 6.37. The van der Waals surface area contributed by atoms with Gasteiger partial charge in [0.1, 0.15) is 5.75 Å². The highest BCUT2D eigenvalue weighted by Crippen LogP contribution is 2.41. The van der Waals surface area contributed by atoms with E-state index in [4.69, 9.17) is 4.74 Å². The highest BCUT2D eigenvalue weighted by Gasteiger charge is 2.45. The van der Waals surface area contributed by atoms with Crippen LogP contribution in [0.15, 0.2) is 24.3 Å². The molecule has 0 saturated carbocycles. The Morgan fingerprint density at radius 3 is 2.42 bits per heavy atom. The van der Waals surface area contributed by atoms with Crippen molar-refractivity contribution in [3.8, 4) is 5.75 Å². The van der Waals surface area contributed by atoms with Gasteiger partial charge < -0.3 is 14.8 Å². The van der Waals surface area contributed by atoms with Gasteiger partial charge in [0, 0.05) is 51.0 Å². The molecule has 26 heavy (non-hydrogen) atoms. The summed E-state index contributed by atoms with van der Waals surface area (Å²) in [5.41, 5.74) is 0.543. The van der Waals surface area contributed by atoms with Gasteiger partial charge in [-0.15, -0.1) is 0 Å². The number of ether oxygens (including phenoxy) is 2. The number of nitrogens with zero attached hydrogens (tertiary/aromatic N) is 1. The van der Waals surface area contributed by atoms with Gasteiger partial charge in [-0.25, -0.2) is 0 Å². The van der Waals surface area contributed by atoms with Gasteiger partial charge in [0.05, 0.1) is 0 Å². The van der Waals surface area contributed by atoms with Crippen molar-refractivity contribution in [3.63, 3.8) is 0 Å². The number of hydrogen-bond donors (Lipinski definition) is 1. The zero-order chi connectivity index (χ0) is 18.6. The molecule has 0 unspecified atom stereocenters.